The molecule has 0 spiro atoms. The van der Waals surface area contributed by atoms with Crippen molar-refractivity contribution in [1.82, 2.24) is 14.1 Å². The normalized spacial score (nSPS) is 11.1. The molecule has 0 fully saturated rings. The van der Waals surface area contributed by atoms with Gasteiger partial charge in [0.1, 0.15) is 12.4 Å². The Hall–Kier alpha value is -4.16. The third kappa shape index (κ3) is 3.82. The van der Waals surface area contributed by atoms with E-state index in [9.17, 15) is 9.18 Å². The van der Waals surface area contributed by atoms with Crippen LogP contribution >= 0.6 is 15.9 Å². The van der Waals surface area contributed by atoms with Gasteiger partial charge in [-0.3, -0.25) is 14.1 Å². The second-order valence-electron chi connectivity index (χ2n) is 7.85. The number of nitriles is 1. The van der Waals surface area contributed by atoms with Crippen molar-refractivity contribution >= 4 is 37.9 Å². The molecule has 0 bridgehead atoms. The van der Waals surface area contributed by atoms with Gasteiger partial charge >= 0.3 is 5.69 Å². The standard InChI is InChI=1S/C26H18BrFN4O3/c1-31-22-13-30-20-11-23(34-2)24(35-14-16-5-3-4-6-18(16)27)10-17(20)25(22)32(26(31)33)21-8-7-15(12-29)9-19(21)28/h3-11,13H,14H2,1-2H3. The molecule has 174 valence electrons. The molecule has 0 aliphatic heterocycles. The summed E-state index contributed by atoms with van der Waals surface area (Å²) in [6, 6.07) is 17.1. The topological polar surface area (TPSA) is 82.1 Å². The molecule has 0 saturated carbocycles. The molecule has 7 nitrogen and oxygen atoms in total. The van der Waals surface area contributed by atoms with E-state index in [1.54, 1.807) is 25.4 Å². The second-order valence-corrected chi connectivity index (χ2v) is 8.70. The number of halogens is 2. The number of rotatable bonds is 5. The number of aromatic nitrogens is 3. The maximum absolute atomic E-state index is 15.0. The van der Waals surface area contributed by atoms with Crippen LogP contribution in [0, 0.1) is 17.1 Å². The lowest BCUT2D eigenvalue weighted by atomic mass is 10.1. The molecule has 0 aliphatic carbocycles. The molecule has 3 aromatic carbocycles. The fourth-order valence-electron chi connectivity index (χ4n) is 4.03. The Morgan fingerprint density at radius 1 is 1.14 bits per heavy atom. The Morgan fingerprint density at radius 2 is 1.94 bits per heavy atom. The fourth-order valence-corrected chi connectivity index (χ4v) is 4.43. The first kappa shape index (κ1) is 22.6. The summed E-state index contributed by atoms with van der Waals surface area (Å²) in [5.41, 5.74) is 2.26. The zero-order valence-corrected chi connectivity index (χ0v) is 20.3. The first-order chi connectivity index (χ1) is 16.9. The molecule has 35 heavy (non-hydrogen) atoms. The summed E-state index contributed by atoms with van der Waals surface area (Å²) in [4.78, 5) is 17.7. The van der Waals surface area contributed by atoms with Crippen molar-refractivity contribution in [2.75, 3.05) is 7.11 Å². The van der Waals surface area contributed by atoms with E-state index in [-0.39, 0.29) is 17.9 Å². The number of aryl methyl sites for hydroxylation is 1. The van der Waals surface area contributed by atoms with Gasteiger partial charge in [0, 0.05) is 28.5 Å². The zero-order valence-electron chi connectivity index (χ0n) is 18.8. The van der Waals surface area contributed by atoms with Crippen LogP contribution < -0.4 is 15.2 Å². The maximum Gasteiger partial charge on any atom is 0.333 e. The highest BCUT2D eigenvalue weighted by molar-refractivity contribution is 9.10. The number of ether oxygens (including phenoxy) is 2. The van der Waals surface area contributed by atoms with E-state index in [4.69, 9.17) is 14.7 Å². The van der Waals surface area contributed by atoms with E-state index in [2.05, 4.69) is 20.9 Å². The van der Waals surface area contributed by atoms with E-state index in [1.807, 2.05) is 30.3 Å². The minimum Gasteiger partial charge on any atom is -0.493 e. The molecule has 0 atom stereocenters. The molecule has 5 rings (SSSR count). The molecule has 0 unspecified atom stereocenters. The second kappa shape index (κ2) is 8.89. The Bertz CT molecular complexity index is 1720. The predicted molar refractivity (Wildman–Crippen MR) is 134 cm³/mol. The van der Waals surface area contributed by atoms with Gasteiger partial charge in [-0.05, 0) is 30.3 Å². The van der Waals surface area contributed by atoms with Gasteiger partial charge < -0.3 is 9.47 Å². The van der Waals surface area contributed by atoms with Crippen LogP contribution in [0.15, 0.2) is 70.1 Å². The predicted octanol–water partition coefficient (Wildman–Crippen LogP) is 5.24. The molecule has 0 amide bonds. The van der Waals surface area contributed by atoms with Crippen LogP contribution in [0.4, 0.5) is 4.39 Å². The van der Waals surface area contributed by atoms with Gasteiger partial charge in [0.2, 0.25) is 0 Å². The summed E-state index contributed by atoms with van der Waals surface area (Å²) < 4.78 is 30.2. The molecule has 0 radical (unpaired) electrons. The van der Waals surface area contributed by atoms with Crippen molar-refractivity contribution in [2.24, 2.45) is 7.05 Å². The van der Waals surface area contributed by atoms with Crippen LogP contribution in [-0.4, -0.2) is 21.2 Å². The SMILES string of the molecule is COc1cc2ncc3c(c2cc1OCc1ccccc1Br)n(-c1ccc(C#N)cc1F)c(=O)n3C. The Kier molecular flexibility index (Phi) is 5.75. The number of benzene rings is 3. The van der Waals surface area contributed by atoms with Crippen molar-refractivity contribution in [1.29, 1.82) is 5.26 Å². The number of nitrogens with zero attached hydrogens (tertiary/aromatic N) is 4. The molecule has 0 saturated heterocycles. The highest BCUT2D eigenvalue weighted by Gasteiger charge is 2.20. The molecule has 2 aromatic heterocycles. The molecule has 2 heterocycles. The lowest BCUT2D eigenvalue weighted by Gasteiger charge is -2.14. The van der Waals surface area contributed by atoms with E-state index >= 15 is 0 Å². The number of methoxy groups -OCH3 is 1. The van der Waals surface area contributed by atoms with Gasteiger partial charge in [0.05, 0.1) is 47.2 Å². The summed E-state index contributed by atoms with van der Waals surface area (Å²) in [5, 5.41) is 9.69. The number of pyridine rings is 1. The summed E-state index contributed by atoms with van der Waals surface area (Å²) in [6.45, 7) is 0.276. The first-order valence-corrected chi connectivity index (χ1v) is 11.4. The molecule has 9 heteroatoms. The lowest BCUT2D eigenvalue weighted by Crippen LogP contribution is -2.21. The van der Waals surface area contributed by atoms with E-state index < -0.39 is 11.5 Å². The van der Waals surface area contributed by atoms with Gasteiger partial charge in [-0.2, -0.15) is 5.26 Å². The summed E-state index contributed by atoms with van der Waals surface area (Å²) >= 11 is 3.52. The first-order valence-electron chi connectivity index (χ1n) is 10.6. The zero-order chi connectivity index (χ0) is 24.7. The van der Waals surface area contributed by atoms with Gasteiger partial charge in [-0.15, -0.1) is 0 Å². The van der Waals surface area contributed by atoms with Crippen LogP contribution in [-0.2, 0) is 13.7 Å². The number of fused-ring (bicyclic) bond motifs is 3. The summed E-state index contributed by atoms with van der Waals surface area (Å²) in [6.07, 6.45) is 1.57. The van der Waals surface area contributed by atoms with Crippen LogP contribution in [0.1, 0.15) is 11.1 Å². The van der Waals surface area contributed by atoms with Gasteiger partial charge in [-0.25, -0.2) is 9.18 Å². The van der Waals surface area contributed by atoms with Crippen LogP contribution in [0.25, 0.3) is 27.6 Å². The van der Waals surface area contributed by atoms with Gasteiger partial charge in [0.15, 0.2) is 11.5 Å². The van der Waals surface area contributed by atoms with Crippen molar-refractivity contribution < 1.29 is 13.9 Å². The fraction of sp³-hybridized carbons (Fsp3) is 0.115. The average molecular weight is 533 g/mol. The lowest BCUT2D eigenvalue weighted by molar-refractivity contribution is 0.284. The third-order valence-electron chi connectivity index (χ3n) is 5.83. The van der Waals surface area contributed by atoms with Gasteiger partial charge in [0.25, 0.3) is 0 Å². The quantitative estimate of drug-likeness (QED) is 0.309. The Labute approximate surface area is 207 Å². The minimum atomic E-state index is -0.678. The largest absolute Gasteiger partial charge is 0.493 e. The molecular formula is C26H18BrFN4O3. The number of imidazole rings is 1. The molecular weight excluding hydrogens is 515 g/mol. The van der Waals surface area contributed by atoms with E-state index in [0.717, 1.165) is 16.1 Å². The highest BCUT2D eigenvalue weighted by Crippen LogP contribution is 2.36. The maximum atomic E-state index is 15.0. The monoisotopic (exact) mass is 532 g/mol. The van der Waals surface area contributed by atoms with Crippen LogP contribution in [0.3, 0.4) is 0 Å². The van der Waals surface area contributed by atoms with Crippen molar-refractivity contribution in [3.05, 3.63) is 92.7 Å². The summed E-state index contributed by atoms with van der Waals surface area (Å²) in [5.74, 6) is 0.251. The highest BCUT2D eigenvalue weighted by atomic mass is 79.9. The van der Waals surface area contributed by atoms with Crippen LogP contribution in [0.2, 0.25) is 0 Å². The number of hydrogen-bond acceptors (Lipinski definition) is 5. The smallest absolute Gasteiger partial charge is 0.333 e. The van der Waals surface area contributed by atoms with Crippen LogP contribution in [0.5, 0.6) is 11.5 Å². The van der Waals surface area contributed by atoms with Crippen molar-refractivity contribution in [3.8, 4) is 23.3 Å². The molecule has 0 aliphatic rings. The Balaban J connectivity index is 1.74. The molecule has 0 N–H and O–H groups in total. The minimum absolute atomic E-state index is 0.0404. The Morgan fingerprint density at radius 3 is 2.66 bits per heavy atom. The third-order valence-corrected chi connectivity index (χ3v) is 6.60. The van der Waals surface area contributed by atoms with Crippen molar-refractivity contribution in [2.45, 2.75) is 6.61 Å². The number of hydrogen-bond donors (Lipinski definition) is 0. The molecule has 5 aromatic rings. The summed E-state index contributed by atoms with van der Waals surface area (Å²) in [7, 11) is 3.14. The van der Waals surface area contributed by atoms with Crippen molar-refractivity contribution in [3.63, 3.8) is 0 Å². The average Bonchev–Trinajstić information content (AvgIpc) is 3.12. The van der Waals surface area contributed by atoms with E-state index in [1.165, 1.54) is 28.4 Å². The van der Waals surface area contributed by atoms with E-state index in [0.29, 0.717) is 33.4 Å². The van der Waals surface area contributed by atoms with Gasteiger partial charge in [-0.1, -0.05) is 34.1 Å².